The number of carbonyl (C=O) groups excluding carboxylic acids is 2. The monoisotopic (exact) mass is 309 g/mol. The fourth-order valence-corrected chi connectivity index (χ4v) is 2.80. The standard InChI is InChI=1S/C18H19N3O2/c22-16(13-21-11-5-9-17(21)23)20-18(14-6-2-1-3-7-14)15-8-4-10-19-12-15/h1-4,6-8,10,12,18H,5,9,11,13H2,(H,20,22). The summed E-state index contributed by atoms with van der Waals surface area (Å²) in [6.07, 6.45) is 4.82. The van der Waals surface area contributed by atoms with Crippen molar-refractivity contribution in [1.29, 1.82) is 0 Å². The first kappa shape index (κ1) is 15.2. The number of likely N-dealkylation sites (tertiary alicyclic amines) is 1. The van der Waals surface area contributed by atoms with Gasteiger partial charge < -0.3 is 10.2 Å². The Kier molecular flexibility index (Phi) is 4.66. The fourth-order valence-electron chi connectivity index (χ4n) is 2.80. The molecule has 0 spiro atoms. The van der Waals surface area contributed by atoms with Gasteiger partial charge in [-0.3, -0.25) is 14.6 Å². The Hall–Kier alpha value is -2.69. The predicted molar refractivity (Wildman–Crippen MR) is 86.5 cm³/mol. The first-order chi connectivity index (χ1) is 11.2. The van der Waals surface area contributed by atoms with E-state index < -0.39 is 0 Å². The number of hydrogen-bond acceptors (Lipinski definition) is 3. The van der Waals surface area contributed by atoms with Gasteiger partial charge in [-0.05, 0) is 23.6 Å². The van der Waals surface area contributed by atoms with E-state index in [1.54, 1.807) is 17.3 Å². The topological polar surface area (TPSA) is 62.3 Å². The summed E-state index contributed by atoms with van der Waals surface area (Å²) < 4.78 is 0. The van der Waals surface area contributed by atoms with Gasteiger partial charge in [-0.1, -0.05) is 36.4 Å². The molecule has 5 nitrogen and oxygen atoms in total. The van der Waals surface area contributed by atoms with Gasteiger partial charge in [0.2, 0.25) is 11.8 Å². The van der Waals surface area contributed by atoms with Crippen LogP contribution in [0.15, 0.2) is 54.9 Å². The lowest BCUT2D eigenvalue weighted by Crippen LogP contribution is -2.39. The van der Waals surface area contributed by atoms with E-state index in [2.05, 4.69) is 10.3 Å². The highest BCUT2D eigenvalue weighted by Crippen LogP contribution is 2.21. The second kappa shape index (κ2) is 7.05. The van der Waals surface area contributed by atoms with E-state index >= 15 is 0 Å². The quantitative estimate of drug-likeness (QED) is 0.917. The van der Waals surface area contributed by atoms with Gasteiger partial charge in [-0.15, -0.1) is 0 Å². The summed E-state index contributed by atoms with van der Waals surface area (Å²) in [6, 6.07) is 13.3. The van der Waals surface area contributed by atoms with E-state index in [4.69, 9.17) is 0 Å². The Bertz CT molecular complexity index is 634. The lowest BCUT2D eigenvalue weighted by Gasteiger charge is -2.22. The molecule has 2 aromatic rings. The van der Waals surface area contributed by atoms with Crippen molar-refractivity contribution >= 4 is 11.8 Å². The summed E-state index contributed by atoms with van der Waals surface area (Å²) in [6.45, 7) is 0.775. The molecule has 1 unspecified atom stereocenters. The molecule has 118 valence electrons. The Labute approximate surface area is 135 Å². The Morgan fingerprint density at radius 3 is 2.61 bits per heavy atom. The number of pyridine rings is 1. The first-order valence-electron chi connectivity index (χ1n) is 7.76. The van der Waals surface area contributed by atoms with E-state index in [1.807, 2.05) is 42.5 Å². The molecule has 0 bridgehead atoms. The highest BCUT2D eigenvalue weighted by atomic mass is 16.2. The zero-order chi connectivity index (χ0) is 16.1. The van der Waals surface area contributed by atoms with E-state index in [0.29, 0.717) is 13.0 Å². The summed E-state index contributed by atoms with van der Waals surface area (Å²) in [5.41, 5.74) is 1.90. The van der Waals surface area contributed by atoms with Crippen LogP contribution in [-0.4, -0.2) is 34.8 Å². The van der Waals surface area contributed by atoms with E-state index in [1.165, 1.54) is 0 Å². The molecule has 1 atom stereocenters. The van der Waals surface area contributed by atoms with Crippen LogP contribution in [-0.2, 0) is 9.59 Å². The minimum absolute atomic E-state index is 0.0535. The van der Waals surface area contributed by atoms with Crippen molar-refractivity contribution in [2.24, 2.45) is 0 Å². The largest absolute Gasteiger partial charge is 0.344 e. The molecule has 23 heavy (non-hydrogen) atoms. The third-order valence-electron chi connectivity index (χ3n) is 3.96. The van der Waals surface area contributed by atoms with Gasteiger partial charge in [0.1, 0.15) is 0 Å². The highest BCUT2D eigenvalue weighted by Gasteiger charge is 2.24. The molecule has 1 fully saturated rings. The Morgan fingerprint density at radius 2 is 1.96 bits per heavy atom. The number of nitrogens with zero attached hydrogens (tertiary/aromatic N) is 2. The minimum Gasteiger partial charge on any atom is -0.344 e. The van der Waals surface area contributed by atoms with Crippen LogP contribution < -0.4 is 5.32 Å². The molecule has 1 aromatic carbocycles. The normalized spacial score (nSPS) is 15.5. The average Bonchev–Trinajstić information content (AvgIpc) is 2.99. The van der Waals surface area contributed by atoms with Gasteiger partial charge in [0.25, 0.3) is 0 Å². The molecule has 1 N–H and O–H groups in total. The Morgan fingerprint density at radius 1 is 1.17 bits per heavy atom. The molecule has 1 aromatic heterocycles. The maximum atomic E-state index is 12.4. The van der Waals surface area contributed by atoms with Crippen LogP contribution >= 0.6 is 0 Å². The number of nitrogens with one attached hydrogen (secondary N) is 1. The van der Waals surface area contributed by atoms with Crippen LogP contribution in [0.5, 0.6) is 0 Å². The highest BCUT2D eigenvalue weighted by molar-refractivity contribution is 5.86. The average molecular weight is 309 g/mol. The van der Waals surface area contributed by atoms with Crippen LogP contribution in [0.4, 0.5) is 0 Å². The third-order valence-corrected chi connectivity index (χ3v) is 3.96. The fraction of sp³-hybridized carbons (Fsp3) is 0.278. The van der Waals surface area contributed by atoms with Crippen LogP contribution in [0.1, 0.15) is 30.0 Å². The zero-order valence-corrected chi connectivity index (χ0v) is 12.8. The van der Waals surface area contributed by atoms with Gasteiger partial charge >= 0.3 is 0 Å². The van der Waals surface area contributed by atoms with Crippen LogP contribution in [0.2, 0.25) is 0 Å². The molecule has 3 rings (SSSR count). The second-order valence-electron chi connectivity index (χ2n) is 5.62. The van der Waals surface area contributed by atoms with E-state index in [-0.39, 0.29) is 24.4 Å². The molecule has 1 aliphatic heterocycles. The lowest BCUT2D eigenvalue weighted by molar-refractivity contribution is -0.133. The molecular formula is C18H19N3O2. The van der Waals surface area contributed by atoms with Gasteiger partial charge in [-0.25, -0.2) is 0 Å². The SMILES string of the molecule is O=C(CN1CCCC1=O)NC(c1ccccc1)c1cccnc1. The number of benzene rings is 1. The lowest BCUT2D eigenvalue weighted by atomic mass is 10.0. The van der Waals surface area contributed by atoms with Crippen molar-refractivity contribution in [2.45, 2.75) is 18.9 Å². The molecule has 1 aliphatic rings. The van der Waals surface area contributed by atoms with Gasteiger partial charge in [-0.2, -0.15) is 0 Å². The van der Waals surface area contributed by atoms with Gasteiger partial charge in [0.05, 0.1) is 12.6 Å². The van der Waals surface area contributed by atoms with E-state index in [9.17, 15) is 9.59 Å². The number of carbonyl (C=O) groups is 2. The molecule has 2 heterocycles. The molecule has 1 saturated heterocycles. The summed E-state index contributed by atoms with van der Waals surface area (Å²) >= 11 is 0. The van der Waals surface area contributed by atoms with Crippen molar-refractivity contribution in [3.05, 3.63) is 66.0 Å². The Balaban J connectivity index is 1.76. The number of hydrogen-bond donors (Lipinski definition) is 1. The molecule has 0 radical (unpaired) electrons. The van der Waals surface area contributed by atoms with Crippen molar-refractivity contribution in [3.8, 4) is 0 Å². The van der Waals surface area contributed by atoms with Gasteiger partial charge in [0.15, 0.2) is 0 Å². The molecule has 5 heteroatoms. The van der Waals surface area contributed by atoms with Crippen LogP contribution in [0.25, 0.3) is 0 Å². The summed E-state index contributed by atoms with van der Waals surface area (Å²) in [4.78, 5) is 29.8. The minimum atomic E-state index is -0.268. The van der Waals surface area contributed by atoms with Crippen molar-refractivity contribution < 1.29 is 9.59 Å². The summed E-state index contributed by atoms with van der Waals surface area (Å²) in [5.74, 6) is -0.101. The second-order valence-corrected chi connectivity index (χ2v) is 5.62. The first-order valence-corrected chi connectivity index (χ1v) is 7.76. The molecular weight excluding hydrogens is 290 g/mol. The van der Waals surface area contributed by atoms with Crippen LogP contribution in [0.3, 0.4) is 0 Å². The van der Waals surface area contributed by atoms with Crippen molar-refractivity contribution in [3.63, 3.8) is 0 Å². The van der Waals surface area contributed by atoms with Crippen molar-refractivity contribution in [2.75, 3.05) is 13.1 Å². The third kappa shape index (κ3) is 3.74. The number of rotatable bonds is 5. The van der Waals surface area contributed by atoms with Crippen molar-refractivity contribution in [1.82, 2.24) is 15.2 Å². The summed E-state index contributed by atoms with van der Waals surface area (Å²) in [7, 11) is 0. The number of amides is 2. The number of aromatic nitrogens is 1. The predicted octanol–water partition coefficient (Wildman–Crippen LogP) is 1.91. The smallest absolute Gasteiger partial charge is 0.240 e. The van der Waals surface area contributed by atoms with Crippen LogP contribution in [0, 0.1) is 0 Å². The maximum absolute atomic E-state index is 12.4. The van der Waals surface area contributed by atoms with Gasteiger partial charge in [0, 0.05) is 25.4 Å². The molecule has 0 saturated carbocycles. The summed E-state index contributed by atoms with van der Waals surface area (Å²) in [5, 5.41) is 3.02. The van der Waals surface area contributed by atoms with E-state index in [0.717, 1.165) is 17.5 Å². The zero-order valence-electron chi connectivity index (χ0n) is 12.8. The molecule has 0 aliphatic carbocycles. The maximum Gasteiger partial charge on any atom is 0.240 e. The molecule has 2 amide bonds.